The van der Waals surface area contributed by atoms with Crippen molar-refractivity contribution in [3.63, 3.8) is 0 Å². The summed E-state index contributed by atoms with van der Waals surface area (Å²) in [5.74, 6) is 1.60. The van der Waals surface area contributed by atoms with Gasteiger partial charge in [-0.3, -0.25) is 19.7 Å². The van der Waals surface area contributed by atoms with Crippen molar-refractivity contribution in [3.05, 3.63) is 59.6 Å². The van der Waals surface area contributed by atoms with Gasteiger partial charge < -0.3 is 9.47 Å². The van der Waals surface area contributed by atoms with Crippen molar-refractivity contribution in [2.75, 3.05) is 0 Å². The summed E-state index contributed by atoms with van der Waals surface area (Å²) < 4.78 is 2.07. The van der Waals surface area contributed by atoms with Gasteiger partial charge >= 0.3 is 0 Å². The van der Waals surface area contributed by atoms with Crippen LogP contribution in [0.15, 0.2) is 42.6 Å². The van der Waals surface area contributed by atoms with E-state index in [4.69, 9.17) is 4.98 Å². The van der Waals surface area contributed by atoms with Crippen molar-refractivity contribution in [1.29, 1.82) is 0 Å². The summed E-state index contributed by atoms with van der Waals surface area (Å²) in [6.07, 6.45) is 17.5. The molecule has 2 fully saturated rings. The molecule has 2 atom stereocenters. The molecule has 1 saturated carbocycles. The minimum atomic E-state index is -0.602. The van der Waals surface area contributed by atoms with Crippen molar-refractivity contribution in [2.24, 2.45) is 18.9 Å². The third-order valence-corrected chi connectivity index (χ3v) is 8.34. The topological polar surface area (TPSA) is 84.3 Å². The van der Waals surface area contributed by atoms with Gasteiger partial charge in [-0.25, -0.2) is 4.98 Å². The molecule has 1 N–H and O–H groups in total. The van der Waals surface area contributed by atoms with E-state index in [1.807, 2.05) is 31.4 Å². The average molecular weight is 485 g/mol. The summed E-state index contributed by atoms with van der Waals surface area (Å²) in [6, 6.07) is 5.17. The highest BCUT2D eigenvalue weighted by Crippen LogP contribution is 2.37. The Morgan fingerprint density at radius 2 is 1.89 bits per heavy atom. The predicted octanol–water partition coefficient (Wildman–Crippen LogP) is 4.39. The Kier molecular flexibility index (Phi) is 5.86. The molecular formula is C29H32N4O3. The van der Waals surface area contributed by atoms with Crippen LogP contribution in [-0.2, 0) is 23.2 Å². The quantitative estimate of drug-likeness (QED) is 0.653. The molecule has 186 valence electrons. The molecular weight excluding hydrogens is 452 g/mol. The number of hydrogen-bond donors (Lipinski definition) is 1. The first-order valence-electron chi connectivity index (χ1n) is 13.2. The number of aromatic nitrogens is 2. The third-order valence-electron chi connectivity index (χ3n) is 8.34. The Morgan fingerprint density at radius 3 is 2.64 bits per heavy atom. The van der Waals surface area contributed by atoms with Crippen LogP contribution < -0.4 is 5.32 Å². The first-order chi connectivity index (χ1) is 17.5. The van der Waals surface area contributed by atoms with Crippen LogP contribution in [0.2, 0.25) is 0 Å². The zero-order chi connectivity index (χ0) is 24.8. The van der Waals surface area contributed by atoms with E-state index in [2.05, 4.69) is 28.1 Å². The number of piperidine rings is 1. The van der Waals surface area contributed by atoms with Gasteiger partial charge in [-0.2, -0.15) is 0 Å². The number of fused-ring (bicyclic) bond motifs is 1. The van der Waals surface area contributed by atoms with Crippen molar-refractivity contribution < 1.29 is 14.4 Å². The Labute approximate surface area is 211 Å². The van der Waals surface area contributed by atoms with Crippen molar-refractivity contribution in [2.45, 2.75) is 64.0 Å². The lowest BCUT2D eigenvalue weighted by Crippen LogP contribution is -2.52. The van der Waals surface area contributed by atoms with E-state index >= 15 is 0 Å². The predicted molar refractivity (Wildman–Crippen MR) is 136 cm³/mol. The molecule has 2 aromatic rings. The van der Waals surface area contributed by atoms with E-state index in [1.165, 1.54) is 32.1 Å². The van der Waals surface area contributed by atoms with Gasteiger partial charge in [-0.05, 0) is 55.2 Å². The SMILES string of the molecule is Cn1cc(-c2ccc3c(c2)CN(C2CCC(=O)NC2=O)C3=O)nc1C1=CCC(C2CCCCC2)C=C1. The van der Waals surface area contributed by atoms with Crippen LogP contribution in [0.25, 0.3) is 16.8 Å². The lowest BCUT2D eigenvalue weighted by atomic mass is 9.77. The highest BCUT2D eigenvalue weighted by Gasteiger charge is 2.39. The van der Waals surface area contributed by atoms with Crippen LogP contribution in [0.1, 0.15) is 73.1 Å². The maximum absolute atomic E-state index is 13.0. The average Bonchev–Trinajstić information content (AvgIpc) is 3.44. The van der Waals surface area contributed by atoms with Crippen molar-refractivity contribution in [3.8, 4) is 11.3 Å². The lowest BCUT2D eigenvalue weighted by Gasteiger charge is -2.29. The molecule has 7 nitrogen and oxygen atoms in total. The number of allylic oxidation sites excluding steroid dienone is 4. The molecule has 2 unspecified atom stereocenters. The Bertz CT molecular complexity index is 1300. The molecule has 3 amide bonds. The van der Waals surface area contributed by atoms with E-state index in [-0.39, 0.29) is 24.1 Å². The normalized spacial score (nSPS) is 24.6. The van der Waals surface area contributed by atoms with Gasteiger partial charge in [0.25, 0.3) is 5.91 Å². The largest absolute Gasteiger partial charge is 0.333 e. The minimum absolute atomic E-state index is 0.155. The maximum Gasteiger partial charge on any atom is 0.255 e. The Balaban J connectivity index is 1.19. The van der Waals surface area contributed by atoms with Gasteiger partial charge in [-0.15, -0.1) is 0 Å². The molecule has 1 saturated heterocycles. The number of rotatable bonds is 4. The molecule has 7 heteroatoms. The summed E-state index contributed by atoms with van der Waals surface area (Å²) in [6.45, 7) is 0.365. The molecule has 2 aliphatic carbocycles. The van der Waals surface area contributed by atoms with Crippen LogP contribution >= 0.6 is 0 Å². The van der Waals surface area contributed by atoms with Crippen LogP contribution in [-0.4, -0.2) is 38.2 Å². The van der Waals surface area contributed by atoms with Gasteiger partial charge in [-0.1, -0.05) is 43.6 Å². The van der Waals surface area contributed by atoms with Gasteiger partial charge in [0.2, 0.25) is 11.8 Å². The Morgan fingerprint density at radius 1 is 1.06 bits per heavy atom. The number of imide groups is 1. The van der Waals surface area contributed by atoms with Crippen LogP contribution in [0.4, 0.5) is 0 Å². The van der Waals surface area contributed by atoms with Crippen molar-refractivity contribution in [1.82, 2.24) is 19.8 Å². The highest BCUT2D eigenvalue weighted by atomic mass is 16.2. The van der Waals surface area contributed by atoms with E-state index < -0.39 is 6.04 Å². The molecule has 3 heterocycles. The summed E-state index contributed by atoms with van der Waals surface area (Å²) >= 11 is 0. The zero-order valence-corrected chi connectivity index (χ0v) is 20.7. The second kappa shape index (κ2) is 9.19. The molecule has 4 aliphatic rings. The first kappa shape index (κ1) is 23.0. The second-order valence-electron chi connectivity index (χ2n) is 10.6. The molecule has 0 bridgehead atoms. The molecule has 1 aromatic heterocycles. The smallest absolute Gasteiger partial charge is 0.255 e. The molecule has 36 heavy (non-hydrogen) atoms. The van der Waals surface area contributed by atoms with E-state index in [0.29, 0.717) is 24.4 Å². The molecule has 0 spiro atoms. The van der Waals surface area contributed by atoms with Crippen LogP contribution in [0.5, 0.6) is 0 Å². The number of nitrogens with zero attached hydrogens (tertiary/aromatic N) is 3. The number of aryl methyl sites for hydroxylation is 1. The third kappa shape index (κ3) is 4.10. The summed E-state index contributed by atoms with van der Waals surface area (Å²) in [7, 11) is 2.02. The number of imidazole rings is 1. The van der Waals surface area contributed by atoms with Gasteiger partial charge in [0.1, 0.15) is 11.9 Å². The maximum atomic E-state index is 13.0. The fraction of sp³-hybridized carbons (Fsp3) is 0.448. The fourth-order valence-corrected chi connectivity index (χ4v) is 6.32. The number of amides is 3. The number of nitrogens with one attached hydrogen (secondary N) is 1. The number of benzene rings is 1. The van der Waals surface area contributed by atoms with Crippen LogP contribution in [0.3, 0.4) is 0 Å². The minimum Gasteiger partial charge on any atom is -0.333 e. The summed E-state index contributed by atoms with van der Waals surface area (Å²) in [4.78, 5) is 43.4. The molecule has 0 radical (unpaired) electrons. The van der Waals surface area contributed by atoms with E-state index in [1.54, 1.807) is 4.90 Å². The zero-order valence-electron chi connectivity index (χ0n) is 20.7. The number of carbonyl (C=O) groups excluding carboxylic acids is 3. The number of hydrogen-bond acceptors (Lipinski definition) is 4. The summed E-state index contributed by atoms with van der Waals surface area (Å²) in [5.41, 5.74) is 4.49. The van der Waals surface area contributed by atoms with Crippen molar-refractivity contribution >= 4 is 23.3 Å². The monoisotopic (exact) mass is 484 g/mol. The first-order valence-corrected chi connectivity index (χ1v) is 13.2. The Hall–Kier alpha value is -3.48. The lowest BCUT2D eigenvalue weighted by molar-refractivity contribution is -0.136. The highest BCUT2D eigenvalue weighted by molar-refractivity contribution is 6.05. The van der Waals surface area contributed by atoms with Crippen LogP contribution in [0, 0.1) is 11.8 Å². The molecule has 1 aromatic carbocycles. The summed E-state index contributed by atoms with van der Waals surface area (Å²) in [5, 5.41) is 2.36. The fourth-order valence-electron chi connectivity index (χ4n) is 6.32. The standard InChI is InChI=1S/C29H32N4O3/c1-32-17-24(30-27(32)20-9-7-19(8-10-20)18-5-3-2-4-6-18)21-11-12-23-22(15-21)16-33(29(23)36)25-13-14-26(34)31-28(25)35/h7,9-12,15,17-19,25H,2-6,8,13-14,16H2,1H3,(H,31,34,35). The molecule has 2 aliphatic heterocycles. The van der Waals surface area contributed by atoms with Gasteiger partial charge in [0.05, 0.1) is 5.69 Å². The van der Waals surface area contributed by atoms with E-state index in [9.17, 15) is 14.4 Å². The van der Waals surface area contributed by atoms with E-state index in [0.717, 1.165) is 40.6 Å². The molecule has 6 rings (SSSR count). The second-order valence-corrected chi connectivity index (χ2v) is 10.6. The van der Waals surface area contributed by atoms with Gasteiger partial charge in [0.15, 0.2) is 0 Å². The van der Waals surface area contributed by atoms with Gasteiger partial charge in [0, 0.05) is 42.9 Å². The number of carbonyl (C=O) groups is 3.